The van der Waals surface area contributed by atoms with E-state index in [1.807, 2.05) is 26.0 Å². The third kappa shape index (κ3) is 2.05. The molecule has 0 aliphatic carbocycles. The van der Waals surface area contributed by atoms with Gasteiger partial charge in [0.2, 0.25) is 0 Å². The van der Waals surface area contributed by atoms with Crippen LogP contribution in [-0.2, 0) is 6.61 Å². The van der Waals surface area contributed by atoms with E-state index in [0.29, 0.717) is 5.56 Å². The number of aliphatic hydroxyl groups excluding tert-OH is 1. The van der Waals surface area contributed by atoms with Gasteiger partial charge in [0.25, 0.3) is 0 Å². The van der Waals surface area contributed by atoms with Gasteiger partial charge in [0, 0.05) is 5.69 Å². The average Bonchev–Trinajstić information content (AvgIpc) is 2.67. The third-order valence-corrected chi connectivity index (χ3v) is 2.60. The highest BCUT2D eigenvalue weighted by Gasteiger charge is 2.09. The van der Waals surface area contributed by atoms with Crippen LogP contribution in [0, 0.1) is 25.2 Å². The molecule has 0 aliphatic heterocycles. The summed E-state index contributed by atoms with van der Waals surface area (Å²) in [5, 5.41) is 22.5. The van der Waals surface area contributed by atoms with Gasteiger partial charge in [0.1, 0.15) is 6.07 Å². The van der Waals surface area contributed by atoms with Crippen LogP contribution in [0.5, 0.6) is 0 Å². The number of nitrogens with zero attached hydrogens (tertiary/aromatic N) is 3. The van der Waals surface area contributed by atoms with E-state index in [2.05, 4.69) is 11.2 Å². The van der Waals surface area contributed by atoms with Crippen molar-refractivity contribution in [1.82, 2.24) is 9.78 Å². The van der Waals surface area contributed by atoms with E-state index in [0.717, 1.165) is 22.6 Å². The van der Waals surface area contributed by atoms with E-state index in [1.165, 1.54) is 0 Å². The highest BCUT2D eigenvalue weighted by Crippen LogP contribution is 2.18. The molecule has 2 rings (SSSR count). The molecule has 0 unspecified atom stereocenters. The van der Waals surface area contributed by atoms with Gasteiger partial charge in [0.05, 0.1) is 23.6 Å². The lowest BCUT2D eigenvalue weighted by molar-refractivity contribution is 0.282. The third-order valence-electron chi connectivity index (χ3n) is 2.60. The number of hydrogen-bond acceptors (Lipinski definition) is 3. The molecule has 1 aromatic carbocycles. The number of benzene rings is 1. The lowest BCUT2D eigenvalue weighted by atomic mass is 10.1. The van der Waals surface area contributed by atoms with E-state index < -0.39 is 0 Å². The molecule has 0 aliphatic rings. The van der Waals surface area contributed by atoms with E-state index >= 15 is 0 Å². The quantitative estimate of drug-likeness (QED) is 0.851. The second-order valence-electron chi connectivity index (χ2n) is 3.96. The molecule has 1 N–H and O–H groups in total. The summed E-state index contributed by atoms with van der Waals surface area (Å²) in [5.74, 6) is 0. The second kappa shape index (κ2) is 4.40. The second-order valence-corrected chi connectivity index (χ2v) is 3.96. The topological polar surface area (TPSA) is 61.8 Å². The highest BCUT2D eigenvalue weighted by atomic mass is 16.3. The Bertz CT molecular complexity index is 593. The zero-order chi connectivity index (χ0) is 12.4. The first kappa shape index (κ1) is 11.4. The molecule has 0 radical (unpaired) electrons. The predicted molar refractivity (Wildman–Crippen MR) is 63.7 cm³/mol. The van der Waals surface area contributed by atoms with Gasteiger partial charge < -0.3 is 5.11 Å². The van der Waals surface area contributed by atoms with Gasteiger partial charge in [-0.25, -0.2) is 4.68 Å². The molecule has 17 heavy (non-hydrogen) atoms. The van der Waals surface area contributed by atoms with E-state index in [-0.39, 0.29) is 6.61 Å². The van der Waals surface area contributed by atoms with Crippen molar-refractivity contribution in [3.8, 4) is 11.8 Å². The molecule has 1 heterocycles. The number of aliphatic hydroxyl groups is 1. The summed E-state index contributed by atoms with van der Waals surface area (Å²) in [6.07, 6.45) is 0. The fourth-order valence-electron chi connectivity index (χ4n) is 1.83. The van der Waals surface area contributed by atoms with Crippen LogP contribution in [0.15, 0.2) is 24.3 Å². The minimum Gasteiger partial charge on any atom is -0.392 e. The molecule has 2 aromatic rings. The summed E-state index contributed by atoms with van der Waals surface area (Å²) in [6, 6.07) is 9.39. The number of aromatic nitrogens is 2. The van der Waals surface area contributed by atoms with Crippen LogP contribution in [-0.4, -0.2) is 14.9 Å². The van der Waals surface area contributed by atoms with Crippen LogP contribution >= 0.6 is 0 Å². The molecular weight excluding hydrogens is 214 g/mol. The number of nitriles is 1. The maximum Gasteiger partial charge on any atom is 0.101 e. The summed E-state index contributed by atoms with van der Waals surface area (Å²) in [7, 11) is 0. The molecule has 0 atom stereocenters. The maximum absolute atomic E-state index is 9.12. The molecule has 4 nitrogen and oxygen atoms in total. The first-order valence-electron chi connectivity index (χ1n) is 5.33. The Hall–Kier alpha value is -2.12. The molecule has 0 fully saturated rings. The molecular formula is C13H13N3O. The Morgan fingerprint density at radius 1 is 1.35 bits per heavy atom. The van der Waals surface area contributed by atoms with Gasteiger partial charge in [0.15, 0.2) is 0 Å². The summed E-state index contributed by atoms with van der Waals surface area (Å²) >= 11 is 0. The number of aryl methyl sites for hydroxylation is 2. The monoisotopic (exact) mass is 227 g/mol. The fraction of sp³-hybridized carbons (Fsp3) is 0.231. The molecule has 0 saturated heterocycles. The maximum atomic E-state index is 9.12. The molecule has 0 bridgehead atoms. The molecule has 0 amide bonds. The lowest BCUT2D eigenvalue weighted by Gasteiger charge is -2.07. The van der Waals surface area contributed by atoms with Crippen molar-refractivity contribution in [2.24, 2.45) is 0 Å². The van der Waals surface area contributed by atoms with Gasteiger partial charge in [-0.2, -0.15) is 10.4 Å². The standard InChI is InChI=1S/C13H13N3O/c1-9-5-10(2)16(15-9)13-4-3-11(8-17)6-12(13)7-14/h3-6,17H,8H2,1-2H3. The Balaban J connectivity index is 2.60. The zero-order valence-electron chi connectivity index (χ0n) is 9.81. The van der Waals surface area contributed by atoms with Crippen LogP contribution in [0.4, 0.5) is 0 Å². The first-order valence-corrected chi connectivity index (χ1v) is 5.33. The summed E-state index contributed by atoms with van der Waals surface area (Å²) in [4.78, 5) is 0. The molecule has 0 saturated carbocycles. The SMILES string of the molecule is Cc1cc(C)n(-c2ccc(CO)cc2C#N)n1. The largest absolute Gasteiger partial charge is 0.392 e. The Labute approximate surface area is 99.7 Å². The number of rotatable bonds is 2. The molecule has 4 heteroatoms. The van der Waals surface area contributed by atoms with Gasteiger partial charge in [-0.3, -0.25) is 0 Å². The van der Waals surface area contributed by atoms with Gasteiger partial charge in [-0.1, -0.05) is 6.07 Å². The predicted octanol–water partition coefficient (Wildman–Crippen LogP) is 1.85. The van der Waals surface area contributed by atoms with Crippen molar-refractivity contribution < 1.29 is 5.11 Å². The Morgan fingerprint density at radius 2 is 2.12 bits per heavy atom. The molecule has 0 spiro atoms. The van der Waals surface area contributed by atoms with Gasteiger partial charge >= 0.3 is 0 Å². The van der Waals surface area contributed by atoms with Crippen LogP contribution < -0.4 is 0 Å². The van der Waals surface area contributed by atoms with Gasteiger partial charge in [-0.15, -0.1) is 0 Å². The van der Waals surface area contributed by atoms with Crippen LogP contribution in [0.1, 0.15) is 22.5 Å². The fourth-order valence-corrected chi connectivity index (χ4v) is 1.83. The van der Waals surface area contributed by atoms with Crippen molar-refractivity contribution >= 4 is 0 Å². The van der Waals surface area contributed by atoms with Crippen molar-refractivity contribution in [2.75, 3.05) is 0 Å². The van der Waals surface area contributed by atoms with Crippen LogP contribution in [0.3, 0.4) is 0 Å². The highest BCUT2D eigenvalue weighted by molar-refractivity contribution is 5.51. The zero-order valence-corrected chi connectivity index (χ0v) is 9.81. The van der Waals surface area contributed by atoms with Gasteiger partial charge in [-0.05, 0) is 37.6 Å². The lowest BCUT2D eigenvalue weighted by Crippen LogP contribution is -2.02. The van der Waals surface area contributed by atoms with Crippen molar-refractivity contribution in [1.29, 1.82) is 5.26 Å². The van der Waals surface area contributed by atoms with E-state index in [1.54, 1.807) is 16.8 Å². The Morgan fingerprint density at radius 3 is 2.65 bits per heavy atom. The molecule has 86 valence electrons. The minimum absolute atomic E-state index is 0.0634. The van der Waals surface area contributed by atoms with Crippen molar-refractivity contribution in [3.05, 3.63) is 46.8 Å². The Kier molecular flexibility index (Phi) is 2.94. The summed E-state index contributed by atoms with van der Waals surface area (Å²) < 4.78 is 1.75. The summed E-state index contributed by atoms with van der Waals surface area (Å²) in [5.41, 5.74) is 3.89. The summed E-state index contributed by atoms with van der Waals surface area (Å²) in [6.45, 7) is 3.80. The first-order chi connectivity index (χ1) is 8.15. The molecule has 1 aromatic heterocycles. The van der Waals surface area contributed by atoms with E-state index in [4.69, 9.17) is 10.4 Å². The van der Waals surface area contributed by atoms with Crippen LogP contribution in [0.25, 0.3) is 5.69 Å². The van der Waals surface area contributed by atoms with Crippen LogP contribution in [0.2, 0.25) is 0 Å². The number of hydrogen-bond donors (Lipinski definition) is 1. The van der Waals surface area contributed by atoms with E-state index in [9.17, 15) is 0 Å². The minimum atomic E-state index is -0.0634. The average molecular weight is 227 g/mol. The normalized spacial score (nSPS) is 10.2. The van der Waals surface area contributed by atoms with Crippen molar-refractivity contribution in [2.45, 2.75) is 20.5 Å². The smallest absolute Gasteiger partial charge is 0.101 e. The van der Waals surface area contributed by atoms with Crippen molar-refractivity contribution in [3.63, 3.8) is 0 Å².